The van der Waals surface area contributed by atoms with Crippen LogP contribution in [0.5, 0.6) is 0 Å². The molecule has 4 rings (SSSR count). The molecule has 2 N–H and O–H groups in total. The molecule has 0 aliphatic carbocycles. The molecule has 27 heavy (non-hydrogen) atoms. The van der Waals surface area contributed by atoms with E-state index in [0.717, 1.165) is 27.8 Å². The van der Waals surface area contributed by atoms with Crippen molar-refractivity contribution in [2.24, 2.45) is 10.7 Å². The van der Waals surface area contributed by atoms with Crippen molar-refractivity contribution in [2.75, 3.05) is 0 Å². The van der Waals surface area contributed by atoms with Gasteiger partial charge in [-0.1, -0.05) is 42.5 Å². The molecule has 0 saturated carbocycles. The lowest BCUT2D eigenvalue weighted by Crippen LogP contribution is -2.23. The maximum atomic E-state index is 13.8. The second-order valence-electron chi connectivity index (χ2n) is 6.63. The van der Waals surface area contributed by atoms with Gasteiger partial charge in [-0.2, -0.15) is 4.39 Å². The molecule has 5 heteroatoms. The first-order chi connectivity index (χ1) is 13.1. The minimum atomic E-state index is -0.423. The second-order valence-corrected chi connectivity index (χ2v) is 6.63. The molecule has 1 aliphatic heterocycles. The van der Waals surface area contributed by atoms with Crippen molar-refractivity contribution in [2.45, 2.75) is 18.9 Å². The third-order valence-electron chi connectivity index (χ3n) is 4.83. The Balaban J connectivity index is 1.64. The summed E-state index contributed by atoms with van der Waals surface area (Å²) in [6.07, 6.45) is 3.93. The average molecular weight is 359 g/mol. The maximum Gasteiger partial charge on any atom is 0.225 e. The third-order valence-corrected chi connectivity index (χ3v) is 4.83. The van der Waals surface area contributed by atoms with Crippen molar-refractivity contribution in [3.63, 3.8) is 0 Å². The highest BCUT2D eigenvalue weighted by Crippen LogP contribution is 2.28. The van der Waals surface area contributed by atoms with Gasteiger partial charge in [-0.3, -0.25) is 14.8 Å². The summed E-state index contributed by atoms with van der Waals surface area (Å²) in [6, 6.07) is 17.1. The van der Waals surface area contributed by atoms with Gasteiger partial charge in [0.1, 0.15) is 0 Å². The number of amides is 1. The number of rotatable bonds is 5. The van der Waals surface area contributed by atoms with Crippen LogP contribution in [0.15, 0.2) is 72.0 Å². The van der Waals surface area contributed by atoms with Gasteiger partial charge in [-0.15, -0.1) is 0 Å². The van der Waals surface area contributed by atoms with Crippen LogP contribution in [0.2, 0.25) is 0 Å². The zero-order valence-electron chi connectivity index (χ0n) is 14.6. The predicted octanol–water partition coefficient (Wildman–Crippen LogP) is 3.79. The van der Waals surface area contributed by atoms with Crippen molar-refractivity contribution < 1.29 is 9.18 Å². The Morgan fingerprint density at radius 2 is 1.89 bits per heavy atom. The molecule has 2 aromatic carbocycles. The van der Waals surface area contributed by atoms with E-state index in [-0.39, 0.29) is 5.91 Å². The number of fused-ring (bicyclic) bond motifs is 1. The van der Waals surface area contributed by atoms with E-state index in [2.05, 4.69) is 9.98 Å². The molecular formula is C22H18FN3O. The van der Waals surface area contributed by atoms with Gasteiger partial charge >= 0.3 is 0 Å². The van der Waals surface area contributed by atoms with Gasteiger partial charge in [0, 0.05) is 23.5 Å². The Morgan fingerprint density at radius 3 is 2.67 bits per heavy atom. The fourth-order valence-electron chi connectivity index (χ4n) is 3.39. The maximum absolute atomic E-state index is 13.8. The van der Waals surface area contributed by atoms with Crippen LogP contribution in [-0.2, 0) is 17.8 Å². The van der Waals surface area contributed by atoms with E-state index in [1.54, 1.807) is 18.5 Å². The van der Waals surface area contributed by atoms with Crippen LogP contribution in [0, 0.1) is 0 Å². The number of pyridine rings is 1. The summed E-state index contributed by atoms with van der Waals surface area (Å²) >= 11 is 0. The number of primary amides is 1. The lowest BCUT2D eigenvalue weighted by Gasteiger charge is -2.14. The largest absolute Gasteiger partial charge is 0.369 e. The topological polar surface area (TPSA) is 68.3 Å². The van der Waals surface area contributed by atoms with Gasteiger partial charge in [0.25, 0.3) is 0 Å². The number of carbonyl (C=O) groups is 1. The van der Waals surface area contributed by atoms with E-state index in [9.17, 15) is 9.18 Å². The summed E-state index contributed by atoms with van der Waals surface area (Å²) < 4.78 is 13.8. The molecule has 1 amide bonds. The van der Waals surface area contributed by atoms with E-state index < -0.39 is 11.9 Å². The summed E-state index contributed by atoms with van der Waals surface area (Å²) in [6.45, 7) is 0.386. The first-order valence-corrected chi connectivity index (χ1v) is 8.73. The van der Waals surface area contributed by atoms with Crippen molar-refractivity contribution in [1.82, 2.24) is 4.98 Å². The molecular weight excluding hydrogens is 341 g/mol. The summed E-state index contributed by atoms with van der Waals surface area (Å²) in [4.78, 5) is 20.1. The van der Waals surface area contributed by atoms with Crippen LogP contribution in [0.3, 0.4) is 0 Å². The molecule has 0 fully saturated rings. The van der Waals surface area contributed by atoms with Gasteiger partial charge in [0.05, 0.1) is 12.5 Å². The highest BCUT2D eigenvalue weighted by Gasteiger charge is 2.19. The first kappa shape index (κ1) is 17.1. The highest BCUT2D eigenvalue weighted by atomic mass is 19.1. The molecule has 1 aliphatic rings. The number of hydrogen-bond donors (Lipinski definition) is 1. The van der Waals surface area contributed by atoms with E-state index in [0.29, 0.717) is 18.5 Å². The van der Waals surface area contributed by atoms with Crippen molar-refractivity contribution in [3.05, 3.63) is 89.2 Å². The molecule has 1 atom stereocenters. The van der Waals surface area contributed by atoms with Gasteiger partial charge in [0.15, 0.2) is 0 Å². The van der Waals surface area contributed by atoms with Crippen LogP contribution in [-0.4, -0.2) is 16.9 Å². The molecule has 0 saturated heterocycles. The lowest BCUT2D eigenvalue weighted by molar-refractivity contribution is -0.119. The quantitative estimate of drug-likeness (QED) is 0.753. The Hall–Kier alpha value is -3.34. The molecule has 4 nitrogen and oxygen atoms in total. The Kier molecular flexibility index (Phi) is 4.50. The number of aliphatic imine (C=N–C) groups is 1. The number of halogens is 1. The lowest BCUT2D eigenvalue weighted by atomic mass is 9.91. The monoisotopic (exact) mass is 359 g/mol. The number of carbonyl (C=O) groups excluding carboxylic acids is 1. The smallest absolute Gasteiger partial charge is 0.225 e. The number of aromatic nitrogens is 1. The van der Waals surface area contributed by atoms with Gasteiger partial charge < -0.3 is 5.73 Å². The van der Waals surface area contributed by atoms with Crippen molar-refractivity contribution in [3.8, 4) is 11.1 Å². The normalized spacial score (nSPS) is 13.7. The molecule has 134 valence electrons. The molecule has 0 spiro atoms. The first-order valence-electron chi connectivity index (χ1n) is 8.73. The standard InChI is InChI=1S/C22H18FN3O/c23-21-19-10-16(6-7-17(19)13-26-21)18-8-14(11-25-12-18)9-20(22(24)27)15-4-2-1-3-5-15/h1-8,10-12,20H,9,13H2,(H2,24,27). The molecule has 3 aromatic rings. The predicted molar refractivity (Wildman–Crippen MR) is 103 cm³/mol. The summed E-state index contributed by atoms with van der Waals surface area (Å²) in [5.74, 6) is -1.22. The highest BCUT2D eigenvalue weighted by molar-refractivity contribution is 5.98. The minimum Gasteiger partial charge on any atom is -0.369 e. The second kappa shape index (κ2) is 7.11. The third kappa shape index (κ3) is 3.49. The van der Waals surface area contributed by atoms with E-state index in [1.165, 1.54) is 0 Å². The van der Waals surface area contributed by atoms with Gasteiger partial charge in [0.2, 0.25) is 11.9 Å². The zero-order valence-corrected chi connectivity index (χ0v) is 14.6. The van der Waals surface area contributed by atoms with E-state index in [4.69, 9.17) is 5.73 Å². The van der Waals surface area contributed by atoms with Crippen LogP contribution in [0.4, 0.5) is 4.39 Å². The van der Waals surface area contributed by atoms with E-state index >= 15 is 0 Å². The zero-order chi connectivity index (χ0) is 18.8. The van der Waals surface area contributed by atoms with Crippen molar-refractivity contribution >= 4 is 11.9 Å². The molecule has 0 radical (unpaired) electrons. The summed E-state index contributed by atoms with van der Waals surface area (Å²) in [7, 11) is 0. The van der Waals surface area contributed by atoms with Gasteiger partial charge in [-0.05, 0) is 40.8 Å². The van der Waals surface area contributed by atoms with Crippen LogP contribution < -0.4 is 5.73 Å². The Labute approximate surface area is 156 Å². The molecule has 1 unspecified atom stereocenters. The van der Waals surface area contributed by atoms with Gasteiger partial charge in [-0.25, -0.2) is 0 Å². The van der Waals surface area contributed by atoms with Crippen LogP contribution in [0.1, 0.15) is 28.2 Å². The molecule has 2 heterocycles. The Morgan fingerprint density at radius 1 is 1.07 bits per heavy atom. The molecule has 1 aromatic heterocycles. The van der Waals surface area contributed by atoms with E-state index in [1.807, 2.05) is 48.5 Å². The SMILES string of the molecule is NC(=O)C(Cc1cncc(-c2ccc3c(c2)C(F)=NC3)c1)c1ccccc1. The Bertz CT molecular complexity index is 1030. The fourth-order valence-corrected chi connectivity index (χ4v) is 3.39. The summed E-state index contributed by atoms with van der Waals surface area (Å²) in [5, 5.41) is 0. The number of nitrogens with two attached hydrogens (primary N) is 1. The number of nitrogens with zero attached hydrogens (tertiary/aromatic N) is 2. The fraction of sp³-hybridized carbons (Fsp3) is 0.136. The minimum absolute atomic E-state index is 0.373. The number of benzene rings is 2. The van der Waals surface area contributed by atoms with Crippen molar-refractivity contribution in [1.29, 1.82) is 0 Å². The van der Waals surface area contributed by atoms with Crippen LogP contribution >= 0.6 is 0 Å². The summed E-state index contributed by atoms with van der Waals surface area (Å²) in [5.41, 5.74) is 10.6. The number of hydrogen-bond acceptors (Lipinski definition) is 3. The average Bonchev–Trinajstić information content (AvgIpc) is 3.07. The van der Waals surface area contributed by atoms with Crippen LogP contribution in [0.25, 0.3) is 11.1 Å². The molecule has 0 bridgehead atoms.